The van der Waals surface area contributed by atoms with Crippen molar-refractivity contribution in [1.29, 1.82) is 0 Å². The third kappa shape index (κ3) is 3.89. The highest BCUT2D eigenvalue weighted by atomic mass is 35.5. The van der Waals surface area contributed by atoms with Crippen LogP contribution in [-0.2, 0) is 0 Å². The first-order valence-corrected chi connectivity index (χ1v) is 10.6. The zero-order valence-corrected chi connectivity index (χ0v) is 17.7. The lowest BCUT2D eigenvalue weighted by Crippen LogP contribution is -2.47. The molecule has 0 aliphatic carbocycles. The first-order valence-electron chi connectivity index (χ1n) is 10.2. The molecule has 148 valence electrons. The number of amidine groups is 1. The van der Waals surface area contributed by atoms with Crippen LogP contribution in [0.25, 0.3) is 5.70 Å². The van der Waals surface area contributed by atoms with Gasteiger partial charge in [-0.05, 0) is 49.5 Å². The Hall–Kier alpha value is -2.04. The van der Waals surface area contributed by atoms with Crippen LogP contribution in [0.4, 0.5) is 0 Å². The monoisotopic (exact) mass is 396 g/mol. The lowest BCUT2D eigenvalue weighted by Gasteiger charge is -2.39. The molecule has 2 atom stereocenters. The van der Waals surface area contributed by atoms with Gasteiger partial charge < -0.3 is 15.1 Å². The Balaban J connectivity index is 1.80. The van der Waals surface area contributed by atoms with Gasteiger partial charge >= 0.3 is 0 Å². The minimum absolute atomic E-state index is 0.195. The lowest BCUT2D eigenvalue weighted by molar-refractivity contribution is 0.306. The van der Waals surface area contributed by atoms with Crippen molar-refractivity contribution < 1.29 is 0 Å². The number of rotatable bonds is 2. The topological polar surface area (TPSA) is 30.9 Å². The Labute approximate surface area is 173 Å². The molecule has 5 heteroatoms. The number of nitrogens with one attached hydrogen (secondary N) is 1. The number of nitrogens with zero attached hydrogens (tertiary/aromatic N) is 3. The normalized spacial score (nSPS) is 25.7. The van der Waals surface area contributed by atoms with Crippen LogP contribution in [0, 0.1) is 5.92 Å². The molecule has 0 amide bonds. The van der Waals surface area contributed by atoms with E-state index in [-0.39, 0.29) is 6.04 Å². The Kier molecular flexibility index (Phi) is 5.61. The Morgan fingerprint density at radius 2 is 1.79 bits per heavy atom. The van der Waals surface area contributed by atoms with E-state index in [1.54, 1.807) is 0 Å². The SMILES string of the molecule is CC1=CN2C(c3ccc(Cl)cc3)=CC(C)CC=C(N3CCNCC3)C2=NC1C. The van der Waals surface area contributed by atoms with Crippen LogP contribution >= 0.6 is 11.6 Å². The summed E-state index contributed by atoms with van der Waals surface area (Å²) in [7, 11) is 0. The third-order valence-electron chi connectivity index (χ3n) is 5.75. The maximum atomic E-state index is 6.15. The maximum absolute atomic E-state index is 6.15. The Bertz CT molecular complexity index is 844. The number of hydrogen-bond acceptors (Lipinski definition) is 4. The predicted octanol–water partition coefficient (Wildman–Crippen LogP) is 4.52. The van der Waals surface area contributed by atoms with Crippen molar-refractivity contribution in [2.75, 3.05) is 26.2 Å². The van der Waals surface area contributed by atoms with E-state index in [4.69, 9.17) is 16.6 Å². The average Bonchev–Trinajstić information content (AvgIpc) is 2.69. The van der Waals surface area contributed by atoms with Crippen molar-refractivity contribution in [2.24, 2.45) is 10.9 Å². The fourth-order valence-electron chi connectivity index (χ4n) is 3.93. The number of benzene rings is 1. The summed E-state index contributed by atoms with van der Waals surface area (Å²) in [6.07, 6.45) is 8.03. The molecule has 1 N–H and O–H groups in total. The van der Waals surface area contributed by atoms with E-state index in [1.165, 1.54) is 22.5 Å². The summed E-state index contributed by atoms with van der Waals surface area (Å²) in [5, 5.41) is 4.22. The van der Waals surface area contributed by atoms with Gasteiger partial charge in [0.05, 0.1) is 17.4 Å². The van der Waals surface area contributed by atoms with Gasteiger partial charge in [-0.1, -0.05) is 42.8 Å². The quantitative estimate of drug-likeness (QED) is 0.797. The Morgan fingerprint density at radius 1 is 1.07 bits per heavy atom. The lowest BCUT2D eigenvalue weighted by atomic mass is 9.97. The molecule has 4 nitrogen and oxygen atoms in total. The van der Waals surface area contributed by atoms with E-state index >= 15 is 0 Å². The van der Waals surface area contributed by atoms with Crippen molar-refractivity contribution in [3.8, 4) is 0 Å². The smallest absolute Gasteiger partial charge is 0.156 e. The first-order chi connectivity index (χ1) is 13.5. The maximum Gasteiger partial charge on any atom is 0.156 e. The second kappa shape index (κ2) is 8.14. The van der Waals surface area contributed by atoms with Crippen LogP contribution in [0.1, 0.15) is 32.8 Å². The van der Waals surface area contributed by atoms with Gasteiger partial charge in [-0.25, -0.2) is 0 Å². The molecular formula is C23H29ClN4. The van der Waals surface area contributed by atoms with Gasteiger partial charge in [0.15, 0.2) is 5.84 Å². The van der Waals surface area contributed by atoms with E-state index in [0.717, 1.165) is 43.5 Å². The molecular weight excluding hydrogens is 368 g/mol. The molecule has 0 spiro atoms. The van der Waals surface area contributed by atoms with Crippen molar-refractivity contribution in [3.05, 3.63) is 64.5 Å². The standard InChI is InChI=1S/C23H29ClN4/c1-16-4-9-21(27-12-10-25-11-13-27)23-26-18(3)17(2)15-28(23)22(14-16)19-5-7-20(24)8-6-19/h5-9,14-16,18,25H,4,10-13H2,1-3H3. The summed E-state index contributed by atoms with van der Waals surface area (Å²) in [5.41, 5.74) is 4.90. The highest BCUT2D eigenvalue weighted by Gasteiger charge is 2.29. The number of allylic oxidation sites excluding steroid dienone is 2. The minimum Gasteiger partial charge on any atom is -0.366 e. The molecule has 1 aromatic carbocycles. The van der Waals surface area contributed by atoms with Crippen LogP contribution in [0.15, 0.2) is 58.9 Å². The van der Waals surface area contributed by atoms with E-state index in [0.29, 0.717) is 5.92 Å². The van der Waals surface area contributed by atoms with Gasteiger partial charge in [-0.2, -0.15) is 0 Å². The van der Waals surface area contributed by atoms with Gasteiger partial charge in [0, 0.05) is 37.4 Å². The van der Waals surface area contributed by atoms with Crippen LogP contribution in [-0.4, -0.2) is 47.9 Å². The third-order valence-corrected chi connectivity index (χ3v) is 6.00. The summed E-state index contributed by atoms with van der Waals surface area (Å²) in [6, 6.07) is 8.34. The number of hydrogen-bond donors (Lipinski definition) is 1. The highest BCUT2D eigenvalue weighted by Crippen LogP contribution is 2.33. The summed E-state index contributed by atoms with van der Waals surface area (Å²) in [5.74, 6) is 1.51. The molecule has 1 saturated heterocycles. The number of aliphatic imine (C=N–C) groups is 1. The molecule has 3 heterocycles. The van der Waals surface area contributed by atoms with Crippen molar-refractivity contribution in [2.45, 2.75) is 33.2 Å². The van der Waals surface area contributed by atoms with Gasteiger partial charge in [0.2, 0.25) is 0 Å². The molecule has 3 aliphatic rings. The van der Waals surface area contributed by atoms with Gasteiger partial charge in [0.1, 0.15) is 0 Å². The van der Waals surface area contributed by atoms with Crippen LogP contribution < -0.4 is 5.32 Å². The number of halogens is 1. The Morgan fingerprint density at radius 3 is 2.50 bits per heavy atom. The van der Waals surface area contributed by atoms with Gasteiger partial charge in [0.25, 0.3) is 0 Å². The molecule has 0 radical (unpaired) electrons. The van der Waals surface area contributed by atoms with Crippen molar-refractivity contribution in [3.63, 3.8) is 0 Å². The molecule has 1 fully saturated rings. The molecule has 0 saturated carbocycles. The summed E-state index contributed by atoms with van der Waals surface area (Å²) in [6.45, 7) is 10.7. The molecule has 2 unspecified atom stereocenters. The summed E-state index contributed by atoms with van der Waals surface area (Å²) >= 11 is 6.15. The largest absolute Gasteiger partial charge is 0.366 e. The van der Waals surface area contributed by atoms with Crippen LogP contribution in [0.3, 0.4) is 0 Å². The molecule has 0 aromatic heterocycles. The van der Waals surface area contributed by atoms with Crippen molar-refractivity contribution in [1.82, 2.24) is 15.1 Å². The molecule has 0 bridgehead atoms. The van der Waals surface area contributed by atoms with Gasteiger partial charge in [-0.3, -0.25) is 4.99 Å². The second-order valence-electron chi connectivity index (χ2n) is 7.97. The van der Waals surface area contributed by atoms with E-state index in [9.17, 15) is 0 Å². The van der Waals surface area contributed by atoms with E-state index < -0.39 is 0 Å². The molecule has 3 aliphatic heterocycles. The zero-order valence-electron chi connectivity index (χ0n) is 17.0. The predicted molar refractivity (Wildman–Crippen MR) is 118 cm³/mol. The highest BCUT2D eigenvalue weighted by molar-refractivity contribution is 6.30. The van der Waals surface area contributed by atoms with E-state index in [2.05, 4.69) is 66.4 Å². The van der Waals surface area contributed by atoms with Crippen LogP contribution in [0.5, 0.6) is 0 Å². The average molecular weight is 397 g/mol. The van der Waals surface area contributed by atoms with E-state index in [1.807, 2.05) is 12.1 Å². The minimum atomic E-state index is 0.195. The fraction of sp³-hybridized carbons (Fsp3) is 0.435. The number of fused-ring (bicyclic) bond motifs is 1. The molecule has 4 rings (SSSR count). The van der Waals surface area contributed by atoms with Gasteiger partial charge in [-0.15, -0.1) is 0 Å². The zero-order chi connectivity index (χ0) is 19.7. The summed E-state index contributed by atoms with van der Waals surface area (Å²) < 4.78 is 0. The molecule has 28 heavy (non-hydrogen) atoms. The first kappa shape index (κ1) is 19.3. The summed E-state index contributed by atoms with van der Waals surface area (Å²) in [4.78, 5) is 9.92. The fourth-order valence-corrected chi connectivity index (χ4v) is 4.06. The molecule has 1 aromatic rings. The van der Waals surface area contributed by atoms with Crippen LogP contribution in [0.2, 0.25) is 5.02 Å². The second-order valence-corrected chi connectivity index (χ2v) is 8.41. The number of piperazine rings is 1. The van der Waals surface area contributed by atoms with Crippen molar-refractivity contribution >= 4 is 23.1 Å².